The van der Waals surface area contributed by atoms with E-state index in [9.17, 15) is 15.0 Å². The number of carbonyl (C=O) groups is 1. The number of hydrogen-bond acceptors (Lipinski definition) is 4. The van der Waals surface area contributed by atoms with Crippen LogP contribution in [0.3, 0.4) is 0 Å². The van der Waals surface area contributed by atoms with Crippen molar-refractivity contribution in [2.24, 2.45) is 11.8 Å². The minimum absolute atomic E-state index is 0.0217. The van der Waals surface area contributed by atoms with Crippen molar-refractivity contribution in [3.63, 3.8) is 0 Å². The van der Waals surface area contributed by atoms with Crippen molar-refractivity contribution in [3.8, 4) is 0 Å². The molecule has 0 aromatic heterocycles. The van der Waals surface area contributed by atoms with E-state index in [0.717, 1.165) is 5.57 Å². The number of ether oxygens (including phenoxy) is 1. The fraction of sp³-hybridized carbons (Fsp3) is 0.722. The summed E-state index contributed by atoms with van der Waals surface area (Å²) in [6.07, 6.45) is 5.15. The monoisotopic (exact) mass is 310 g/mol. The topological polar surface area (TPSA) is 66.8 Å². The van der Waals surface area contributed by atoms with Gasteiger partial charge in [-0.3, -0.25) is 4.79 Å². The van der Waals surface area contributed by atoms with Gasteiger partial charge in [-0.05, 0) is 26.3 Å². The lowest BCUT2D eigenvalue weighted by Gasteiger charge is -2.37. The van der Waals surface area contributed by atoms with E-state index in [1.807, 2.05) is 45.9 Å². The molecule has 1 heterocycles. The summed E-state index contributed by atoms with van der Waals surface area (Å²) in [4.78, 5) is 11.3. The molecule has 0 aromatic carbocycles. The summed E-state index contributed by atoms with van der Waals surface area (Å²) in [5.41, 5.74) is 0.934. The minimum atomic E-state index is -0.516. The summed E-state index contributed by atoms with van der Waals surface area (Å²) in [6, 6.07) is 0. The third-order valence-electron chi connectivity index (χ3n) is 4.52. The zero-order chi connectivity index (χ0) is 16.9. The number of aliphatic hydroxyl groups excluding tert-OH is 2. The van der Waals surface area contributed by atoms with Crippen molar-refractivity contribution in [2.45, 2.75) is 71.9 Å². The van der Waals surface area contributed by atoms with Crippen LogP contribution < -0.4 is 0 Å². The van der Waals surface area contributed by atoms with E-state index in [0.29, 0.717) is 12.8 Å². The SMILES string of the molecule is C/C=C(\C)[C@@H](O)[C@@H](C)/C=C/[C@H]1O[C@@H](CC(C)=O)C[C@H](O)[C@@H]1C. The van der Waals surface area contributed by atoms with Gasteiger partial charge >= 0.3 is 0 Å². The first-order chi connectivity index (χ1) is 10.3. The van der Waals surface area contributed by atoms with Gasteiger partial charge in [0.2, 0.25) is 0 Å². The molecule has 22 heavy (non-hydrogen) atoms. The molecule has 1 fully saturated rings. The third-order valence-corrected chi connectivity index (χ3v) is 4.52. The van der Waals surface area contributed by atoms with Crippen molar-refractivity contribution >= 4 is 5.78 Å². The second-order valence-electron chi connectivity index (χ2n) is 6.51. The molecule has 1 saturated heterocycles. The summed E-state index contributed by atoms with van der Waals surface area (Å²) in [5, 5.41) is 20.3. The Balaban J connectivity index is 2.72. The molecule has 126 valence electrons. The van der Waals surface area contributed by atoms with Crippen molar-refractivity contribution in [1.82, 2.24) is 0 Å². The van der Waals surface area contributed by atoms with Gasteiger partial charge in [-0.2, -0.15) is 0 Å². The Morgan fingerprint density at radius 2 is 2.05 bits per heavy atom. The third kappa shape index (κ3) is 5.34. The quantitative estimate of drug-likeness (QED) is 0.740. The molecule has 0 saturated carbocycles. The van der Waals surface area contributed by atoms with E-state index in [-0.39, 0.29) is 29.8 Å². The lowest BCUT2D eigenvalue weighted by atomic mass is 9.87. The Hall–Kier alpha value is -0.970. The van der Waals surface area contributed by atoms with Crippen LogP contribution in [0.2, 0.25) is 0 Å². The predicted molar refractivity (Wildman–Crippen MR) is 87.5 cm³/mol. The molecule has 0 radical (unpaired) electrons. The molecule has 0 aliphatic carbocycles. The van der Waals surface area contributed by atoms with Gasteiger partial charge in [0, 0.05) is 24.7 Å². The van der Waals surface area contributed by atoms with E-state index in [4.69, 9.17) is 4.74 Å². The minimum Gasteiger partial charge on any atom is -0.393 e. The predicted octanol–water partition coefficient (Wildman–Crippen LogP) is 2.64. The maximum atomic E-state index is 11.3. The number of carbonyl (C=O) groups excluding carboxylic acids is 1. The molecular weight excluding hydrogens is 280 g/mol. The molecule has 0 aromatic rings. The van der Waals surface area contributed by atoms with Crippen LogP contribution in [0.25, 0.3) is 0 Å². The maximum Gasteiger partial charge on any atom is 0.132 e. The number of allylic oxidation sites excluding steroid dienone is 1. The largest absolute Gasteiger partial charge is 0.393 e. The summed E-state index contributed by atoms with van der Waals surface area (Å²) in [7, 11) is 0. The fourth-order valence-corrected chi connectivity index (χ4v) is 2.75. The van der Waals surface area contributed by atoms with Gasteiger partial charge in [-0.25, -0.2) is 0 Å². The van der Waals surface area contributed by atoms with E-state index in [2.05, 4.69) is 0 Å². The zero-order valence-electron chi connectivity index (χ0n) is 14.3. The Kier molecular flexibility index (Phi) is 7.46. The Bertz CT molecular complexity index is 427. The van der Waals surface area contributed by atoms with Gasteiger partial charge in [0.05, 0.1) is 24.4 Å². The van der Waals surface area contributed by atoms with Crippen molar-refractivity contribution < 1.29 is 19.7 Å². The van der Waals surface area contributed by atoms with Crippen LogP contribution in [-0.4, -0.2) is 40.4 Å². The first kappa shape index (κ1) is 19.1. The number of Topliss-reactive ketones (excluding diaryl/α,β-unsaturated/α-hetero) is 1. The lowest BCUT2D eigenvalue weighted by Crippen LogP contribution is -2.42. The van der Waals surface area contributed by atoms with Crippen molar-refractivity contribution in [3.05, 3.63) is 23.8 Å². The molecule has 0 amide bonds. The van der Waals surface area contributed by atoms with Crippen LogP contribution in [0, 0.1) is 11.8 Å². The normalized spacial score (nSPS) is 33.0. The fourth-order valence-electron chi connectivity index (χ4n) is 2.75. The van der Waals surface area contributed by atoms with Gasteiger partial charge in [0.15, 0.2) is 0 Å². The molecule has 2 N–H and O–H groups in total. The molecular formula is C18H30O4. The zero-order valence-corrected chi connectivity index (χ0v) is 14.3. The van der Waals surface area contributed by atoms with Crippen molar-refractivity contribution in [1.29, 1.82) is 0 Å². The van der Waals surface area contributed by atoms with E-state index in [1.165, 1.54) is 6.92 Å². The summed E-state index contributed by atoms with van der Waals surface area (Å²) in [5.74, 6) is 0.0194. The average Bonchev–Trinajstić information content (AvgIpc) is 2.46. The first-order valence-corrected chi connectivity index (χ1v) is 8.08. The summed E-state index contributed by atoms with van der Waals surface area (Å²) in [6.45, 7) is 9.25. The second-order valence-corrected chi connectivity index (χ2v) is 6.51. The highest BCUT2D eigenvalue weighted by molar-refractivity contribution is 5.76. The highest BCUT2D eigenvalue weighted by Crippen LogP contribution is 2.28. The van der Waals surface area contributed by atoms with Gasteiger partial charge in [0.1, 0.15) is 5.78 Å². The van der Waals surface area contributed by atoms with E-state index < -0.39 is 12.2 Å². The van der Waals surface area contributed by atoms with Gasteiger partial charge in [0.25, 0.3) is 0 Å². The maximum absolute atomic E-state index is 11.3. The Morgan fingerprint density at radius 3 is 2.59 bits per heavy atom. The van der Waals surface area contributed by atoms with Crippen LogP contribution in [0.1, 0.15) is 47.5 Å². The molecule has 0 bridgehead atoms. The van der Waals surface area contributed by atoms with Crippen LogP contribution >= 0.6 is 0 Å². The smallest absolute Gasteiger partial charge is 0.132 e. The molecule has 0 unspecified atom stereocenters. The van der Waals surface area contributed by atoms with Gasteiger partial charge in [-0.1, -0.05) is 32.1 Å². The molecule has 1 aliphatic heterocycles. The number of rotatable bonds is 6. The average molecular weight is 310 g/mol. The molecule has 4 nitrogen and oxygen atoms in total. The lowest BCUT2D eigenvalue weighted by molar-refractivity contribution is -0.132. The van der Waals surface area contributed by atoms with E-state index in [1.54, 1.807) is 0 Å². The molecule has 4 heteroatoms. The number of aliphatic hydroxyl groups is 2. The summed E-state index contributed by atoms with van der Waals surface area (Å²) < 4.78 is 5.93. The number of hydrogen-bond donors (Lipinski definition) is 2. The van der Waals surface area contributed by atoms with Crippen LogP contribution in [-0.2, 0) is 9.53 Å². The summed E-state index contributed by atoms with van der Waals surface area (Å²) >= 11 is 0. The number of ketones is 1. The van der Waals surface area contributed by atoms with Crippen LogP contribution in [0.5, 0.6) is 0 Å². The highest BCUT2D eigenvalue weighted by atomic mass is 16.5. The van der Waals surface area contributed by atoms with Gasteiger partial charge in [-0.15, -0.1) is 0 Å². The molecule has 1 rings (SSSR count). The standard InChI is InChI=1S/C18H30O4/c1-6-11(2)18(21)12(3)7-8-17-14(5)16(20)10-15(22-17)9-13(4)19/h6-8,12,14-18,20-21H,9-10H2,1-5H3/b8-7+,11-6+/t12-,14-,15-,16-,17+,18+/m0/s1. The van der Waals surface area contributed by atoms with E-state index >= 15 is 0 Å². The molecule has 1 aliphatic rings. The second kappa shape index (κ2) is 8.61. The van der Waals surface area contributed by atoms with Crippen LogP contribution in [0.15, 0.2) is 23.8 Å². The van der Waals surface area contributed by atoms with Gasteiger partial charge < -0.3 is 14.9 Å². The highest BCUT2D eigenvalue weighted by Gasteiger charge is 2.34. The Labute approximate surface area is 133 Å². The van der Waals surface area contributed by atoms with Crippen molar-refractivity contribution in [2.75, 3.05) is 0 Å². The first-order valence-electron chi connectivity index (χ1n) is 8.08. The molecule has 0 spiro atoms. The Morgan fingerprint density at radius 1 is 1.41 bits per heavy atom. The molecule has 6 atom stereocenters. The van der Waals surface area contributed by atoms with Crippen LogP contribution in [0.4, 0.5) is 0 Å².